The fourth-order valence-electron chi connectivity index (χ4n) is 4.40. The maximum atomic E-state index is 13.8. The second-order valence-electron chi connectivity index (χ2n) is 8.63. The Kier molecular flexibility index (Phi) is 6.45. The van der Waals surface area contributed by atoms with Crippen LogP contribution in [0.15, 0.2) is 110 Å². The third-order valence-electron chi connectivity index (χ3n) is 6.12. The van der Waals surface area contributed by atoms with Crippen LogP contribution in [0, 0.1) is 0 Å². The molecular formula is C29H20ClN3O3S2. The molecule has 3 aromatic heterocycles. The predicted octanol–water partition coefficient (Wildman–Crippen LogP) is 5.85. The van der Waals surface area contributed by atoms with Crippen molar-refractivity contribution in [2.45, 2.75) is 13.0 Å². The molecular weight excluding hydrogens is 538 g/mol. The summed E-state index contributed by atoms with van der Waals surface area (Å²) in [4.78, 5) is 33.3. The van der Waals surface area contributed by atoms with Gasteiger partial charge in [-0.2, -0.15) is 0 Å². The Balaban J connectivity index is 1.43. The molecule has 1 N–H and O–H groups in total. The fourth-order valence-corrected chi connectivity index (χ4v) is 6.44. The lowest BCUT2D eigenvalue weighted by molar-refractivity contribution is -0.113. The van der Waals surface area contributed by atoms with Gasteiger partial charge in [0.25, 0.3) is 11.5 Å². The van der Waals surface area contributed by atoms with E-state index in [0.717, 1.165) is 10.4 Å². The number of fused-ring (bicyclic) bond motifs is 1. The molecule has 0 saturated carbocycles. The van der Waals surface area contributed by atoms with Crippen molar-refractivity contribution in [3.05, 3.63) is 131 Å². The van der Waals surface area contributed by atoms with Crippen LogP contribution in [0.25, 0.3) is 17.4 Å². The van der Waals surface area contributed by atoms with Crippen LogP contribution in [0.3, 0.4) is 0 Å². The molecule has 0 spiro atoms. The van der Waals surface area contributed by atoms with Gasteiger partial charge in [-0.25, -0.2) is 4.99 Å². The largest absolute Gasteiger partial charge is 0.457 e. The Morgan fingerprint density at radius 1 is 1.08 bits per heavy atom. The van der Waals surface area contributed by atoms with E-state index < -0.39 is 6.04 Å². The molecule has 1 unspecified atom stereocenters. The Morgan fingerprint density at radius 2 is 1.92 bits per heavy atom. The van der Waals surface area contributed by atoms with Gasteiger partial charge < -0.3 is 9.73 Å². The minimum absolute atomic E-state index is 0.231. The van der Waals surface area contributed by atoms with Gasteiger partial charge in [-0.3, -0.25) is 14.2 Å². The summed E-state index contributed by atoms with van der Waals surface area (Å²) < 4.78 is 8.08. The van der Waals surface area contributed by atoms with Crippen LogP contribution in [0.2, 0.25) is 5.02 Å². The van der Waals surface area contributed by atoms with Crippen LogP contribution >= 0.6 is 34.3 Å². The number of allylic oxidation sites excluding steroid dienone is 1. The van der Waals surface area contributed by atoms with Crippen LogP contribution in [-0.2, 0) is 4.79 Å². The van der Waals surface area contributed by atoms with E-state index in [1.807, 2.05) is 78.2 Å². The molecule has 1 aliphatic rings. The standard InChI is InChI=1S/C29H20ClN3O3S2/c1-17-25(27(34)32-20-9-3-2-4-10-20)26(23-11-6-14-37-23)33-28(35)24(38-29(33)31-17)16-21-12-13-22(36-21)18-7-5-8-19(30)15-18/h2-16,26H,1H3,(H,32,34)/b24-16-. The minimum atomic E-state index is -0.587. The Labute approximate surface area is 230 Å². The van der Waals surface area contributed by atoms with Crippen LogP contribution < -0.4 is 20.2 Å². The molecule has 6 rings (SSSR count). The van der Waals surface area contributed by atoms with E-state index in [1.165, 1.54) is 22.7 Å². The number of aromatic nitrogens is 1. The summed E-state index contributed by atoms with van der Waals surface area (Å²) in [7, 11) is 0. The van der Waals surface area contributed by atoms with Gasteiger partial charge in [0.05, 0.1) is 15.8 Å². The first-order chi connectivity index (χ1) is 18.5. The monoisotopic (exact) mass is 557 g/mol. The summed E-state index contributed by atoms with van der Waals surface area (Å²) in [5.41, 5.74) is 2.31. The zero-order valence-corrected chi connectivity index (χ0v) is 22.4. The van der Waals surface area contributed by atoms with Crippen molar-refractivity contribution in [2.75, 3.05) is 5.32 Å². The minimum Gasteiger partial charge on any atom is -0.457 e. The Bertz CT molecular complexity index is 1870. The van der Waals surface area contributed by atoms with Crippen molar-refractivity contribution in [3.63, 3.8) is 0 Å². The second-order valence-corrected chi connectivity index (χ2v) is 11.1. The summed E-state index contributed by atoms with van der Waals surface area (Å²) >= 11 is 8.89. The summed E-state index contributed by atoms with van der Waals surface area (Å²) in [5.74, 6) is 0.900. The maximum absolute atomic E-state index is 13.8. The van der Waals surface area contributed by atoms with E-state index in [0.29, 0.717) is 42.8 Å². The third-order valence-corrected chi connectivity index (χ3v) is 8.26. The number of hydrogen-bond donors (Lipinski definition) is 1. The van der Waals surface area contributed by atoms with Crippen LogP contribution in [0.5, 0.6) is 0 Å². The first kappa shape index (κ1) is 24.4. The quantitative estimate of drug-likeness (QED) is 0.294. The van der Waals surface area contributed by atoms with E-state index >= 15 is 0 Å². The van der Waals surface area contributed by atoms with Crippen molar-refractivity contribution < 1.29 is 9.21 Å². The lowest BCUT2D eigenvalue weighted by Crippen LogP contribution is -2.40. The molecule has 9 heteroatoms. The number of carbonyl (C=O) groups is 1. The number of para-hydroxylation sites is 1. The number of thiophene rings is 1. The molecule has 1 atom stereocenters. The number of halogens is 1. The zero-order chi connectivity index (χ0) is 26.2. The van der Waals surface area contributed by atoms with Crippen molar-refractivity contribution in [3.8, 4) is 11.3 Å². The van der Waals surface area contributed by atoms with E-state index in [1.54, 1.807) is 23.6 Å². The first-order valence-electron chi connectivity index (χ1n) is 11.8. The van der Waals surface area contributed by atoms with Gasteiger partial charge in [-0.15, -0.1) is 11.3 Å². The second kappa shape index (κ2) is 10.1. The predicted molar refractivity (Wildman–Crippen MR) is 152 cm³/mol. The van der Waals surface area contributed by atoms with E-state index in [4.69, 9.17) is 16.0 Å². The molecule has 0 fully saturated rings. The number of thiazole rings is 1. The number of furan rings is 1. The topological polar surface area (TPSA) is 76.6 Å². The number of nitrogens with one attached hydrogen (secondary N) is 1. The number of rotatable bonds is 5. The van der Waals surface area contributed by atoms with E-state index in [-0.39, 0.29) is 11.5 Å². The van der Waals surface area contributed by atoms with Gasteiger partial charge in [0.1, 0.15) is 17.6 Å². The molecule has 6 nitrogen and oxygen atoms in total. The van der Waals surface area contributed by atoms with E-state index in [9.17, 15) is 9.59 Å². The van der Waals surface area contributed by atoms with Gasteiger partial charge in [0.2, 0.25) is 0 Å². The fraction of sp³-hybridized carbons (Fsp3) is 0.0690. The summed E-state index contributed by atoms with van der Waals surface area (Å²) in [5, 5.41) is 5.51. The molecule has 1 amide bonds. The van der Waals surface area contributed by atoms with Crippen molar-refractivity contribution in [1.82, 2.24) is 4.57 Å². The lowest BCUT2D eigenvalue weighted by atomic mass is 10.0. The Morgan fingerprint density at radius 3 is 2.68 bits per heavy atom. The molecule has 188 valence electrons. The molecule has 0 bridgehead atoms. The van der Waals surface area contributed by atoms with Crippen molar-refractivity contribution in [1.29, 1.82) is 0 Å². The summed E-state index contributed by atoms with van der Waals surface area (Å²) in [6.07, 6.45) is 1.71. The molecule has 1 aliphatic heterocycles. The smallest absolute Gasteiger partial charge is 0.271 e. The summed E-state index contributed by atoms with van der Waals surface area (Å²) in [6.45, 7) is 1.81. The van der Waals surface area contributed by atoms with Crippen LogP contribution in [0.4, 0.5) is 5.69 Å². The van der Waals surface area contributed by atoms with E-state index in [2.05, 4.69) is 10.3 Å². The third kappa shape index (κ3) is 4.58. The first-order valence-corrected chi connectivity index (χ1v) is 13.8. The van der Waals surface area contributed by atoms with Crippen molar-refractivity contribution >= 4 is 51.9 Å². The number of anilines is 1. The normalized spacial score (nSPS) is 15.3. The molecule has 4 heterocycles. The molecule has 5 aromatic rings. The number of benzene rings is 2. The van der Waals surface area contributed by atoms with Crippen LogP contribution in [0.1, 0.15) is 23.6 Å². The molecule has 0 radical (unpaired) electrons. The highest BCUT2D eigenvalue weighted by molar-refractivity contribution is 7.10. The number of amides is 1. The highest BCUT2D eigenvalue weighted by Crippen LogP contribution is 2.33. The SMILES string of the molecule is CC1=C(C(=O)Nc2ccccc2)C(c2cccs2)n2c(s/c(=C\c3ccc(-c4cccc(Cl)c4)o3)c2=O)=N1. The number of nitrogens with zero attached hydrogens (tertiary/aromatic N) is 2. The van der Waals surface area contributed by atoms with Gasteiger partial charge in [-0.05, 0) is 54.8 Å². The van der Waals surface area contributed by atoms with Crippen LogP contribution in [-0.4, -0.2) is 10.5 Å². The van der Waals surface area contributed by atoms with Gasteiger partial charge in [0.15, 0.2) is 4.80 Å². The average Bonchev–Trinajstić information content (AvgIpc) is 3.66. The average molecular weight is 558 g/mol. The lowest BCUT2D eigenvalue weighted by Gasteiger charge is -2.24. The maximum Gasteiger partial charge on any atom is 0.271 e. The molecule has 0 saturated heterocycles. The van der Waals surface area contributed by atoms with Gasteiger partial charge >= 0.3 is 0 Å². The molecule has 0 aliphatic carbocycles. The highest BCUT2D eigenvalue weighted by Gasteiger charge is 2.33. The number of carbonyl (C=O) groups excluding carboxylic acids is 1. The summed E-state index contributed by atoms with van der Waals surface area (Å²) in [6, 6.07) is 23.6. The number of hydrogen-bond acceptors (Lipinski definition) is 6. The molecule has 2 aromatic carbocycles. The van der Waals surface area contributed by atoms with Gasteiger partial charge in [-0.1, -0.05) is 59.3 Å². The van der Waals surface area contributed by atoms with Crippen molar-refractivity contribution in [2.24, 2.45) is 4.99 Å². The zero-order valence-electron chi connectivity index (χ0n) is 20.1. The highest BCUT2D eigenvalue weighted by atomic mass is 35.5. The molecule has 38 heavy (non-hydrogen) atoms. The van der Waals surface area contributed by atoms with Gasteiger partial charge in [0, 0.05) is 27.2 Å². The Hall–Kier alpha value is -3.98.